The predicted octanol–water partition coefficient (Wildman–Crippen LogP) is 0.855. The number of sulfonamides is 1. The van der Waals surface area contributed by atoms with E-state index in [9.17, 15) is 22.4 Å². The molecule has 0 radical (unpaired) electrons. The van der Waals surface area contributed by atoms with Crippen molar-refractivity contribution in [3.63, 3.8) is 0 Å². The lowest BCUT2D eigenvalue weighted by molar-refractivity contribution is -0.129. The summed E-state index contributed by atoms with van der Waals surface area (Å²) in [6.07, 6.45) is 2.62. The van der Waals surface area contributed by atoms with Crippen LogP contribution < -0.4 is 20.9 Å². The number of alkyl halides is 2. The van der Waals surface area contributed by atoms with Crippen LogP contribution in [0.3, 0.4) is 0 Å². The fraction of sp³-hybridized carbons (Fsp3) is 0.905. The van der Waals surface area contributed by atoms with E-state index in [0.717, 1.165) is 32.5 Å². The third kappa shape index (κ3) is 7.48. The van der Waals surface area contributed by atoms with E-state index in [1.54, 1.807) is 6.92 Å². The lowest BCUT2D eigenvalue weighted by atomic mass is 9.76. The second-order valence-corrected chi connectivity index (χ2v) is 12.2. The average molecular weight is 510 g/mol. The number of rotatable bonds is 8. The maximum Gasteiger partial charge on any atom is 0.241 e. The van der Waals surface area contributed by atoms with Gasteiger partial charge in [-0.05, 0) is 51.0 Å². The summed E-state index contributed by atoms with van der Waals surface area (Å²) in [5, 5.41) is 5.51. The van der Waals surface area contributed by atoms with Gasteiger partial charge in [-0.1, -0.05) is 13.3 Å². The standard InChI is InChI=1S/C21H37ClFN5O4S/c1-3-19(29)25-15-6-4-5-13(7-15)11-33(31,32)27-26-21(30)16-8-14(9-17(22)20(16)23)18-10-28(2)12-24-18/h13-18,20,24,27H,3-12H2,1-2H3,(H,25,29)(H,26,30). The predicted molar refractivity (Wildman–Crippen MR) is 124 cm³/mol. The highest BCUT2D eigenvalue weighted by molar-refractivity contribution is 7.89. The lowest BCUT2D eigenvalue weighted by Gasteiger charge is -2.37. The Morgan fingerprint density at radius 1 is 1.21 bits per heavy atom. The molecule has 12 heteroatoms. The Hall–Kier alpha value is -1.01. The first-order valence-corrected chi connectivity index (χ1v) is 14.0. The molecule has 0 aromatic heterocycles. The summed E-state index contributed by atoms with van der Waals surface area (Å²) in [7, 11) is -1.83. The summed E-state index contributed by atoms with van der Waals surface area (Å²) in [6, 6.07) is 0.0968. The summed E-state index contributed by atoms with van der Waals surface area (Å²) in [5.74, 6) is -1.99. The number of hydrazine groups is 1. The largest absolute Gasteiger partial charge is 0.353 e. The molecule has 33 heavy (non-hydrogen) atoms. The Bertz CT molecular complexity index is 804. The molecular weight excluding hydrogens is 473 g/mol. The van der Waals surface area contributed by atoms with E-state index in [1.165, 1.54) is 0 Å². The number of likely N-dealkylation sites (N-methyl/N-ethyl adjacent to an activating group) is 1. The van der Waals surface area contributed by atoms with Crippen molar-refractivity contribution in [1.29, 1.82) is 0 Å². The van der Waals surface area contributed by atoms with Crippen molar-refractivity contribution in [2.75, 3.05) is 26.0 Å². The molecule has 0 aromatic rings. The number of carbonyl (C=O) groups is 2. The van der Waals surface area contributed by atoms with E-state index in [-0.39, 0.29) is 35.6 Å². The van der Waals surface area contributed by atoms with Crippen LogP contribution in [0.2, 0.25) is 0 Å². The van der Waals surface area contributed by atoms with Gasteiger partial charge in [0.15, 0.2) is 0 Å². The van der Waals surface area contributed by atoms with Gasteiger partial charge in [0, 0.05) is 31.7 Å². The van der Waals surface area contributed by atoms with E-state index in [0.29, 0.717) is 25.7 Å². The fourth-order valence-electron chi connectivity index (χ4n) is 5.33. The Kier molecular flexibility index (Phi) is 9.36. The van der Waals surface area contributed by atoms with Gasteiger partial charge in [0.25, 0.3) is 0 Å². The fourth-order valence-corrected chi connectivity index (χ4v) is 7.00. The lowest BCUT2D eigenvalue weighted by Crippen LogP contribution is -2.52. The van der Waals surface area contributed by atoms with E-state index in [4.69, 9.17) is 11.6 Å². The summed E-state index contributed by atoms with van der Waals surface area (Å²) >= 11 is 6.23. The van der Waals surface area contributed by atoms with E-state index in [1.807, 2.05) is 7.05 Å². The Morgan fingerprint density at radius 3 is 2.64 bits per heavy atom. The van der Waals surface area contributed by atoms with Crippen molar-refractivity contribution in [2.24, 2.45) is 17.8 Å². The summed E-state index contributed by atoms with van der Waals surface area (Å²) in [4.78, 5) is 28.6. The second-order valence-electron chi connectivity index (χ2n) is 9.83. The minimum atomic E-state index is -3.81. The first-order chi connectivity index (χ1) is 15.6. The van der Waals surface area contributed by atoms with Gasteiger partial charge >= 0.3 is 0 Å². The molecule has 3 aliphatic rings. The maximum absolute atomic E-state index is 14.8. The van der Waals surface area contributed by atoms with Crippen LogP contribution >= 0.6 is 11.6 Å². The zero-order valence-electron chi connectivity index (χ0n) is 19.4. The van der Waals surface area contributed by atoms with E-state index < -0.39 is 33.4 Å². The van der Waals surface area contributed by atoms with Gasteiger partial charge in [0.1, 0.15) is 6.17 Å². The van der Waals surface area contributed by atoms with Gasteiger partial charge < -0.3 is 5.32 Å². The molecule has 0 bridgehead atoms. The Balaban J connectivity index is 1.51. The normalized spacial score (nSPS) is 35.8. The number of hydrogen-bond acceptors (Lipinski definition) is 6. The molecule has 1 saturated heterocycles. The topological polar surface area (TPSA) is 120 Å². The highest BCUT2D eigenvalue weighted by atomic mass is 35.5. The van der Waals surface area contributed by atoms with Crippen LogP contribution in [-0.2, 0) is 19.6 Å². The molecule has 4 N–H and O–H groups in total. The molecule has 2 aliphatic carbocycles. The van der Waals surface area contributed by atoms with Crippen molar-refractivity contribution in [3.05, 3.63) is 0 Å². The Morgan fingerprint density at radius 2 is 1.97 bits per heavy atom. The van der Waals surface area contributed by atoms with Gasteiger partial charge in [-0.25, -0.2) is 12.8 Å². The minimum Gasteiger partial charge on any atom is -0.353 e. The van der Waals surface area contributed by atoms with Crippen molar-refractivity contribution >= 4 is 33.4 Å². The smallest absolute Gasteiger partial charge is 0.241 e. The zero-order valence-corrected chi connectivity index (χ0v) is 20.9. The van der Waals surface area contributed by atoms with Crippen molar-refractivity contribution in [2.45, 2.75) is 75.5 Å². The van der Waals surface area contributed by atoms with Crippen LogP contribution in [0.5, 0.6) is 0 Å². The molecule has 3 fully saturated rings. The number of amides is 2. The van der Waals surface area contributed by atoms with E-state index in [2.05, 4.69) is 25.8 Å². The highest BCUT2D eigenvalue weighted by Crippen LogP contribution is 2.37. The first kappa shape index (κ1) is 26.6. The molecule has 190 valence electrons. The SMILES string of the molecule is CCC(=O)NC1CCCC(CS(=O)(=O)NNC(=O)C2CC(C3CN(C)CN3)CC(Cl)C2F)C1. The zero-order chi connectivity index (χ0) is 24.2. The van der Waals surface area contributed by atoms with Gasteiger partial charge in [0.2, 0.25) is 21.8 Å². The number of nitrogens with one attached hydrogen (secondary N) is 4. The molecule has 0 spiro atoms. The quantitative estimate of drug-likeness (QED) is 0.284. The van der Waals surface area contributed by atoms with Crippen LogP contribution in [0, 0.1) is 17.8 Å². The third-order valence-electron chi connectivity index (χ3n) is 7.11. The monoisotopic (exact) mass is 509 g/mol. The molecular formula is C21H37ClFN5O4S. The average Bonchev–Trinajstić information content (AvgIpc) is 3.20. The highest BCUT2D eigenvalue weighted by Gasteiger charge is 2.44. The van der Waals surface area contributed by atoms with Crippen molar-refractivity contribution in [3.8, 4) is 0 Å². The summed E-state index contributed by atoms with van der Waals surface area (Å²) in [6.45, 7) is 3.31. The molecule has 9 nitrogen and oxygen atoms in total. The van der Waals surface area contributed by atoms with Crippen LogP contribution in [0.1, 0.15) is 51.9 Å². The Labute approximate surface area is 201 Å². The van der Waals surface area contributed by atoms with Crippen molar-refractivity contribution < 1.29 is 22.4 Å². The molecule has 1 heterocycles. The molecule has 7 unspecified atom stereocenters. The summed E-state index contributed by atoms with van der Waals surface area (Å²) < 4.78 is 39.9. The molecule has 0 aromatic carbocycles. The van der Waals surface area contributed by atoms with Gasteiger partial charge in [0.05, 0.1) is 17.0 Å². The number of hydrogen-bond donors (Lipinski definition) is 4. The minimum absolute atomic E-state index is 0.0312. The van der Waals surface area contributed by atoms with Crippen LogP contribution in [0.25, 0.3) is 0 Å². The van der Waals surface area contributed by atoms with Gasteiger partial charge in [-0.3, -0.25) is 25.2 Å². The molecule has 3 rings (SSSR count). The van der Waals surface area contributed by atoms with Crippen molar-refractivity contribution in [1.82, 2.24) is 25.8 Å². The van der Waals surface area contributed by atoms with E-state index >= 15 is 0 Å². The van der Waals surface area contributed by atoms with Gasteiger partial charge in [-0.15, -0.1) is 16.4 Å². The molecule has 7 atom stereocenters. The number of carbonyl (C=O) groups excluding carboxylic acids is 2. The third-order valence-corrected chi connectivity index (χ3v) is 8.85. The van der Waals surface area contributed by atoms with Crippen LogP contribution in [0.15, 0.2) is 0 Å². The second kappa shape index (κ2) is 11.6. The van der Waals surface area contributed by atoms with Gasteiger partial charge in [-0.2, -0.15) is 0 Å². The number of nitrogens with zero attached hydrogens (tertiary/aromatic N) is 1. The molecule has 2 amide bonds. The molecule has 1 aliphatic heterocycles. The van der Waals surface area contributed by atoms with Crippen LogP contribution in [-0.4, -0.2) is 74.8 Å². The maximum atomic E-state index is 14.8. The number of halogens is 2. The van der Waals surface area contributed by atoms with Crippen LogP contribution in [0.4, 0.5) is 4.39 Å². The summed E-state index contributed by atoms with van der Waals surface area (Å²) in [5.41, 5.74) is 2.23. The molecule has 2 saturated carbocycles. The first-order valence-electron chi connectivity index (χ1n) is 11.9.